The van der Waals surface area contributed by atoms with Gasteiger partial charge in [-0.1, -0.05) is 0 Å². The molecule has 0 aliphatic carbocycles. The van der Waals surface area contributed by atoms with Crippen LogP contribution < -0.4 is 11.1 Å². The number of hydrogen-bond donors (Lipinski definition) is 3. The first-order chi connectivity index (χ1) is 7.95. The number of benzene rings is 1. The summed E-state index contributed by atoms with van der Waals surface area (Å²) in [6.07, 6.45) is 0. The quantitative estimate of drug-likeness (QED) is 0.730. The number of hydrogen-bond acceptors (Lipinski definition) is 4. The van der Waals surface area contributed by atoms with E-state index in [-0.39, 0.29) is 24.8 Å². The molecular formula is C11H16BrClN2O3. The number of halogens is 2. The minimum absolute atomic E-state index is 0. The average Bonchev–Trinajstić information content (AvgIpc) is 2.25. The van der Waals surface area contributed by atoms with E-state index in [0.717, 1.165) is 5.56 Å². The molecule has 1 unspecified atom stereocenters. The summed E-state index contributed by atoms with van der Waals surface area (Å²) in [4.78, 5) is 11.6. The van der Waals surface area contributed by atoms with Gasteiger partial charge in [-0.3, -0.25) is 4.79 Å². The number of phenolic OH excluding ortho intramolecular Hbond substituents is 1. The monoisotopic (exact) mass is 338 g/mol. The number of ether oxygens (including phenoxy) is 1. The molecule has 7 heteroatoms. The van der Waals surface area contributed by atoms with Gasteiger partial charge in [0.15, 0.2) is 5.75 Å². The molecule has 0 radical (unpaired) electrons. The zero-order valence-corrected chi connectivity index (χ0v) is 12.5. The number of rotatable bonds is 4. The summed E-state index contributed by atoms with van der Waals surface area (Å²) in [5.74, 6) is -0.423. The Bertz CT molecular complexity index is 429. The van der Waals surface area contributed by atoms with Gasteiger partial charge >= 0.3 is 0 Å². The smallest absolute Gasteiger partial charge is 0.243 e. The van der Waals surface area contributed by atoms with Crippen molar-refractivity contribution in [2.24, 2.45) is 5.73 Å². The highest BCUT2D eigenvalue weighted by molar-refractivity contribution is 9.10. The number of carbonyl (C=O) groups is 1. The second kappa shape index (κ2) is 7.58. The summed E-state index contributed by atoms with van der Waals surface area (Å²) in [5, 5.41) is 12.3. The minimum atomic E-state index is -0.765. The Balaban J connectivity index is 0.00000289. The third-order valence-corrected chi connectivity index (χ3v) is 2.75. The van der Waals surface area contributed by atoms with Crippen molar-refractivity contribution in [2.75, 3.05) is 19.0 Å². The largest absolute Gasteiger partial charge is 0.505 e. The molecule has 18 heavy (non-hydrogen) atoms. The van der Waals surface area contributed by atoms with E-state index in [2.05, 4.69) is 21.2 Å². The lowest BCUT2D eigenvalue weighted by Crippen LogP contribution is -2.39. The Hall–Kier alpha value is -0.820. The highest BCUT2D eigenvalue weighted by Crippen LogP contribution is 2.33. The second-order valence-corrected chi connectivity index (χ2v) is 4.55. The van der Waals surface area contributed by atoms with E-state index in [0.29, 0.717) is 10.2 Å². The van der Waals surface area contributed by atoms with Crippen molar-refractivity contribution in [3.63, 3.8) is 0 Å². The third-order valence-electron chi connectivity index (χ3n) is 2.15. The molecule has 0 bridgehead atoms. The van der Waals surface area contributed by atoms with Crippen LogP contribution in [0.25, 0.3) is 0 Å². The number of aromatic hydroxyl groups is 1. The maximum absolute atomic E-state index is 11.6. The van der Waals surface area contributed by atoms with Crippen LogP contribution in [-0.4, -0.2) is 30.8 Å². The number of aryl methyl sites for hydroxylation is 1. The van der Waals surface area contributed by atoms with Crippen molar-refractivity contribution in [3.8, 4) is 5.75 Å². The highest BCUT2D eigenvalue weighted by atomic mass is 79.9. The molecule has 0 aliphatic rings. The van der Waals surface area contributed by atoms with Gasteiger partial charge in [-0.2, -0.15) is 0 Å². The first-order valence-electron chi connectivity index (χ1n) is 5.00. The van der Waals surface area contributed by atoms with Gasteiger partial charge in [0.05, 0.1) is 16.8 Å². The number of anilines is 1. The van der Waals surface area contributed by atoms with E-state index >= 15 is 0 Å². The molecular weight excluding hydrogens is 323 g/mol. The molecule has 0 spiro atoms. The normalized spacial score (nSPS) is 11.6. The fraction of sp³-hybridized carbons (Fsp3) is 0.364. The van der Waals surface area contributed by atoms with Crippen molar-refractivity contribution in [2.45, 2.75) is 13.0 Å². The summed E-state index contributed by atoms with van der Waals surface area (Å²) in [7, 11) is 1.47. The molecule has 1 rings (SSSR count). The maximum atomic E-state index is 11.6. The van der Waals surface area contributed by atoms with Gasteiger partial charge in [-0.15, -0.1) is 12.4 Å². The van der Waals surface area contributed by atoms with Crippen LogP contribution in [0.15, 0.2) is 16.6 Å². The van der Waals surface area contributed by atoms with Crippen LogP contribution in [0.5, 0.6) is 5.75 Å². The fourth-order valence-corrected chi connectivity index (χ4v) is 1.89. The van der Waals surface area contributed by atoms with Crippen molar-refractivity contribution in [1.82, 2.24) is 0 Å². The Kier molecular flexibility index (Phi) is 7.23. The predicted molar refractivity (Wildman–Crippen MR) is 76.3 cm³/mol. The first kappa shape index (κ1) is 17.2. The van der Waals surface area contributed by atoms with E-state index in [1.807, 2.05) is 6.92 Å². The lowest BCUT2D eigenvalue weighted by Gasteiger charge is -2.13. The zero-order valence-electron chi connectivity index (χ0n) is 10.1. The third kappa shape index (κ3) is 4.45. The van der Waals surface area contributed by atoms with Gasteiger partial charge < -0.3 is 20.9 Å². The molecule has 1 aromatic rings. The molecule has 4 N–H and O–H groups in total. The number of nitrogens with one attached hydrogen (secondary N) is 1. The Morgan fingerprint density at radius 2 is 2.22 bits per heavy atom. The Morgan fingerprint density at radius 1 is 1.61 bits per heavy atom. The van der Waals surface area contributed by atoms with Gasteiger partial charge in [-0.25, -0.2) is 0 Å². The van der Waals surface area contributed by atoms with Crippen molar-refractivity contribution >= 4 is 39.9 Å². The molecule has 0 saturated carbocycles. The molecule has 5 nitrogen and oxygen atoms in total. The van der Waals surface area contributed by atoms with E-state index in [1.165, 1.54) is 7.11 Å². The highest BCUT2D eigenvalue weighted by Gasteiger charge is 2.16. The molecule has 102 valence electrons. The summed E-state index contributed by atoms with van der Waals surface area (Å²) >= 11 is 3.20. The van der Waals surface area contributed by atoms with Crippen LogP contribution in [0, 0.1) is 6.92 Å². The summed E-state index contributed by atoms with van der Waals surface area (Å²) in [5.41, 5.74) is 6.81. The number of amides is 1. The lowest BCUT2D eigenvalue weighted by atomic mass is 10.2. The molecule has 0 aliphatic heterocycles. The maximum Gasteiger partial charge on any atom is 0.243 e. The topological polar surface area (TPSA) is 84.6 Å². The SMILES string of the molecule is COCC(N)C(=O)Nc1cc(C)cc(Br)c1O.Cl. The van der Waals surface area contributed by atoms with Crippen LogP contribution in [-0.2, 0) is 9.53 Å². The predicted octanol–water partition coefficient (Wildman–Crippen LogP) is 1.80. The number of phenols is 1. The molecule has 1 atom stereocenters. The summed E-state index contributed by atoms with van der Waals surface area (Å²) in [6, 6.07) is 2.65. The van der Waals surface area contributed by atoms with Crippen LogP contribution in [0.4, 0.5) is 5.69 Å². The van der Waals surface area contributed by atoms with Gasteiger partial charge in [0.25, 0.3) is 0 Å². The van der Waals surface area contributed by atoms with Crippen LogP contribution in [0.3, 0.4) is 0 Å². The standard InChI is InChI=1S/C11H15BrN2O3.ClH/c1-6-3-7(12)10(15)9(4-6)14-11(16)8(13)5-17-2;/h3-4,8,15H,5,13H2,1-2H3,(H,14,16);1H. The van der Waals surface area contributed by atoms with Gasteiger partial charge in [0.1, 0.15) is 6.04 Å². The zero-order chi connectivity index (χ0) is 13.0. The van der Waals surface area contributed by atoms with Crippen molar-refractivity contribution in [1.29, 1.82) is 0 Å². The molecule has 0 heterocycles. The molecule has 1 aromatic carbocycles. The summed E-state index contributed by atoms with van der Waals surface area (Å²) in [6.45, 7) is 1.98. The summed E-state index contributed by atoms with van der Waals surface area (Å²) < 4.78 is 5.30. The average molecular weight is 340 g/mol. The van der Waals surface area contributed by atoms with Gasteiger partial charge in [-0.05, 0) is 40.5 Å². The second-order valence-electron chi connectivity index (χ2n) is 3.69. The van der Waals surface area contributed by atoms with Gasteiger partial charge in [0, 0.05) is 7.11 Å². The Labute approximate surface area is 120 Å². The molecule has 0 saturated heterocycles. The molecule has 1 amide bonds. The van der Waals surface area contributed by atoms with E-state index < -0.39 is 11.9 Å². The first-order valence-corrected chi connectivity index (χ1v) is 5.79. The number of carbonyl (C=O) groups excluding carboxylic acids is 1. The lowest BCUT2D eigenvalue weighted by molar-refractivity contribution is -0.118. The molecule has 0 aromatic heterocycles. The molecule has 0 fully saturated rings. The van der Waals surface area contributed by atoms with Gasteiger partial charge in [0.2, 0.25) is 5.91 Å². The Morgan fingerprint density at radius 3 is 2.78 bits per heavy atom. The number of nitrogens with two attached hydrogens (primary N) is 1. The van der Waals surface area contributed by atoms with Crippen molar-refractivity contribution in [3.05, 3.63) is 22.2 Å². The van der Waals surface area contributed by atoms with Crippen LogP contribution in [0.2, 0.25) is 0 Å². The van der Waals surface area contributed by atoms with E-state index in [1.54, 1.807) is 12.1 Å². The minimum Gasteiger partial charge on any atom is -0.505 e. The van der Waals surface area contributed by atoms with Crippen LogP contribution in [0.1, 0.15) is 5.56 Å². The number of methoxy groups -OCH3 is 1. The van der Waals surface area contributed by atoms with Crippen LogP contribution >= 0.6 is 28.3 Å². The van der Waals surface area contributed by atoms with Crippen molar-refractivity contribution < 1.29 is 14.6 Å². The van der Waals surface area contributed by atoms with E-state index in [9.17, 15) is 9.90 Å². The fourth-order valence-electron chi connectivity index (χ4n) is 1.31. The van der Waals surface area contributed by atoms with E-state index in [4.69, 9.17) is 10.5 Å².